The second-order valence-electron chi connectivity index (χ2n) is 7.39. The Morgan fingerprint density at radius 2 is 1.69 bits per heavy atom. The minimum atomic E-state index is -3.49. The number of hydrogen-bond acceptors (Lipinski definition) is 4. The van der Waals surface area contributed by atoms with E-state index in [0.717, 1.165) is 24.1 Å². The standard InChI is InChI=1S/C21H23N3O4S/c1-23-19-10-7-17(14-16(19)6-11-20(23)25)22-21(26)15-4-8-18(9-5-15)29(27,28)24-12-2-3-13-24/h4-5,7-10,14H,2-3,6,11-13H2,1H3,(H,22,26). The molecule has 2 amide bonds. The molecule has 1 N–H and O–H groups in total. The van der Waals surface area contributed by atoms with Crippen LogP contribution in [-0.4, -0.2) is 44.7 Å². The van der Waals surface area contributed by atoms with Gasteiger partial charge in [-0.1, -0.05) is 0 Å². The van der Waals surface area contributed by atoms with Crippen LogP contribution >= 0.6 is 0 Å². The molecule has 2 aromatic rings. The monoisotopic (exact) mass is 413 g/mol. The summed E-state index contributed by atoms with van der Waals surface area (Å²) in [4.78, 5) is 26.2. The molecule has 152 valence electrons. The number of amides is 2. The number of fused-ring (bicyclic) bond motifs is 1. The smallest absolute Gasteiger partial charge is 0.255 e. The summed E-state index contributed by atoms with van der Waals surface area (Å²) in [6, 6.07) is 11.5. The molecule has 2 aromatic carbocycles. The third-order valence-corrected chi connectivity index (χ3v) is 7.41. The Morgan fingerprint density at radius 3 is 2.38 bits per heavy atom. The van der Waals surface area contributed by atoms with Gasteiger partial charge in [0, 0.05) is 43.5 Å². The number of nitrogens with one attached hydrogen (secondary N) is 1. The average Bonchev–Trinajstić information content (AvgIpc) is 3.27. The van der Waals surface area contributed by atoms with Gasteiger partial charge >= 0.3 is 0 Å². The summed E-state index contributed by atoms with van der Waals surface area (Å²) >= 11 is 0. The number of anilines is 2. The van der Waals surface area contributed by atoms with Gasteiger partial charge in [-0.3, -0.25) is 9.59 Å². The quantitative estimate of drug-likeness (QED) is 0.835. The van der Waals surface area contributed by atoms with Crippen molar-refractivity contribution in [1.82, 2.24) is 4.31 Å². The first kappa shape index (κ1) is 19.6. The number of hydrogen-bond donors (Lipinski definition) is 1. The lowest BCUT2D eigenvalue weighted by atomic mass is 10.0. The van der Waals surface area contributed by atoms with E-state index in [1.54, 1.807) is 18.0 Å². The van der Waals surface area contributed by atoms with Crippen LogP contribution in [0.25, 0.3) is 0 Å². The Labute approximate surface area is 170 Å². The zero-order valence-electron chi connectivity index (χ0n) is 16.2. The fourth-order valence-electron chi connectivity index (χ4n) is 3.79. The third-order valence-electron chi connectivity index (χ3n) is 5.50. The Kier molecular flexibility index (Phi) is 5.14. The van der Waals surface area contributed by atoms with Gasteiger partial charge < -0.3 is 10.2 Å². The van der Waals surface area contributed by atoms with Crippen LogP contribution in [0.4, 0.5) is 11.4 Å². The van der Waals surface area contributed by atoms with Gasteiger partial charge in [-0.05, 0) is 67.3 Å². The fourth-order valence-corrected chi connectivity index (χ4v) is 5.31. The molecule has 2 aliphatic heterocycles. The molecule has 1 fully saturated rings. The fraction of sp³-hybridized carbons (Fsp3) is 0.333. The lowest BCUT2D eigenvalue weighted by Gasteiger charge is -2.26. The molecular formula is C21H23N3O4S. The van der Waals surface area contributed by atoms with Crippen LogP contribution in [0.3, 0.4) is 0 Å². The number of rotatable bonds is 4. The number of carbonyl (C=O) groups excluding carboxylic acids is 2. The first-order chi connectivity index (χ1) is 13.9. The SMILES string of the molecule is CN1C(=O)CCc2cc(NC(=O)c3ccc(S(=O)(=O)N4CCCC4)cc3)ccc21. The van der Waals surface area contributed by atoms with E-state index in [0.29, 0.717) is 37.2 Å². The number of carbonyl (C=O) groups is 2. The topological polar surface area (TPSA) is 86.8 Å². The van der Waals surface area contributed by atoms with Crippen LogP contribution in [-0.2, 0) is 21.2 Å². The zero-order chi connectivity index (χ0) is 20.6. The van der Waals surface area contributed by atoms with E-state index in [4.69, 9.17) is 0 Å². The van der Waals surface area contributed by atoms with E-state index in [1.165, 1.54) is 28.6 Å². The first-order valence-corrected chi connectivity index (χ1v) is 11.1. The highest BCUT2D eigenvalue weighted by atomic mass is 32.2. The van der Waals surface area contributed by atoms with Gasteiger partial charge in [0.05, 0.1) is 4.90 Å². The summed E-state index contributed by atoms with van der Waals surface area (Å²) in [6.45, 7) is 1.09. The number of benzene rings is 2. The molecule has 1 saturated heterocycles. The molecule has 4 rings (SSSR count). The summed E-state index contributed by atoms with van der Waals surface area (Å²) in [7, 11) is -1.74. The maximum absolute atomic E-state index is 12.6. The number of sulfonamides is 1. The van der Waals surface area contributed by atoms with Crippen molar-refractivity contribution >= 4 is 33.2 Å². The lowest BCUT2D eigenvalue weighted by Crippen LogP contribution is -2.31. The molecule has 0 saturated carbocycles. The molecule has 0 unspecified atom stereocenters. The van der Waals surface area contributed by atoms with Crippen LogP contribution < -0.4 is 10.2 Å². The normalized spacial score (nSPS) is 17.3. The zero-order valence-corrected chi connectivity index (χ0v) is 17.0. The highest BCUT2D eigenvalue weighted by Crippen LogP contribution is 2.29. The molecule has 29 heavy (non-hydrogen) atoms. The second kappa shape index (κ2) is 7.61. The third kappa shape index (κ3) is 3.77. The molecule has 0 radical (unpaired) electrons. The molecule has 2 heterocycles. The van der Waals surface area contributed by atoms with E-state index < -0.39 is 10.0 Å². The van der Waals surface area contributed by atoms with Gasteiger partial charge in [0.2, 0.25) is 15.9 Å². The van der Waals surface area contributed by atoms with Gasteiger partial charge in [0.25, 0.3) is 5.91 Å². The van der Waals surface area contributed by atoms with Crippen molar-refractivity contribution in [2.24, 2.45) is 0 Å². The molecule has 2 aliphatic rings. The van der Waals surface area contributed by atoms with E-state index in [-0.39, 0.29) is 16.7 Å². The van der Waals surface area contributed by atoms with Gasteiger partial charge in [-0.15, -0.1) is 0 Å². The Morgan fingerprint density at radius 1 is 1.00 bits per heavy atom. The van der Waals surface area contributed by atoms with Crippen molar-refractivity contribution < 1.29 is 18.0 Å². The van der Waals surface area contributed by atoms with Gasteiger partial charge in [-0.25, -0.2) is 8.42 Å². The molecular weight excluding hydrogens is 390 g/mol. The predicted molar refractivity (Wildman–Crippen MR) is 111 cm³/mol. The van der Waals surface area contributed by atoms with Crippen LogP contribution in [0, 0.1) is 0 Å². The molecule has 8 heteroatoms. The predicted octanol–water partition coefficient (Wildman–Crippen LogP) is 2.63. The van der Waals surface area contributed by atoms with E-state index in [1.807, 2.05) is 12.1 Å². The van der Waals surface area contributed by atoms with Gasteiger partial charge in [0.15, 0.2) is 0 Å². The van der Waals surface area contributed by atoms with Crippen molar-refractivity contribution in [2.75, 3.05) is 30.4 Å². The van der Waals surface area contributed by atoms with Gasteiger partial charge in [-0.2, -0.15) is 4.31 Å². The van der Waals surface area contributed by atoms with Gasteiger partial charge in [0.1, 0.15) is 0 Å². The molecule has 0 aliphatic carbocycles. The van der Waals surface area contributed by atoms with Crippen molar-refractivity contribution in [3.63, 3.8) is 0 Å². The maximum atomic E-state index is 12.6. The summed E-state index contributed by atoms with van der Waals surface area (Å²) in [5.41, 5.74) is 2.90. The Bertz CT molecular complexity index is 1060. The largest absolute Gasteiger partial charge is 0.322 e. The molecule has 0 atom stereocenters. The Hall–Kier alpha value is -2.71. The van der Waals surface area contributed by atoms with Crippen molar-refractivity contribution in [3.05, 3.63) is 53.6 Å². The maximum Gasteiger partial charge on any atom is 0.255 e. The summed E-state index contributed by atoms with van der Waals surface area (Å²) in [5.74, 6) is -0.228. The Balaban J connectivity index is 1.49. The van der Waals surface area contributed by atoms with Crippen molar-refractivity contribution in [3.8, 4) is 0 Å². The number of nitrogens with zero attached hydrogens (tertiary/aromatic N) is 2. The molecule has 0 aromatic heterocycles. The minimum absolute atomic E-state index is 0.0817. The first-order valence-electron chi connectivity index (χ1n) is 9.67. The average molecular weight is 413 g/mol. The van der Waals surface area contributed by atoms with Crippen LogP contribution in [0.5, 0.6) is 0 Å². The van der Waals surface area contributed by atoms with E-state index in [2.05, 4.69) is 5.32 Å². The van der Waals surface area contributed by atoms with Crippen LogP contribution in [0.2, 0.25) is 0 Å². The lowest BCUT2D eigenvalue weighted by molar-refractivity contribution is -0.118. The van der Waals surface area contributed by atoms with Crippen molar-refractivity contribution in [1.29, 1.82) is 0 Å². The van der Waals surface area contributed by atoms with E-state index >= 15 is 0 Å². The highest BCUT2D eigenvalue weighted by Gasteiger charge is 2.27. The van der Waals surface area contributed by atoms with Crippen LogP contribution in [0.1, 0.15) is 35.2 Å². The minimum Gasteiger partial charge on any atom is -0.322 e. The highest BCUT2D eigenvalue weighted by molar-refractivity contribution is 7.89. The molecule has 7 nitrogen and oxygen atoms in total. The summed E-state index contributed by atoms with van der Waals surface area (Å²) in [5, 5.41) is 2.85. The summed E-state index contributed by atoms with van der Waals surface area (Å²) in [6.07, 6.45) is 2.86. The molecule has 0 spiro atoms. The second-order valence-corrected chi connectivity index (χ2v) is 9.32. The van der Waals surface area contributed by atoms with Crippen molar-refractivity contribution in [2.45, 2.75) is 30.6 Å². The van der Waals surface area contributed by atoms with E-state index in [9.17, 15) is 18.0 Å². The number of aryl methyl sites for hydroxylation is 1. The summed E-state index contributed by atoms with van der Waals surface area (Å²) < 4.78 is 26.7. The molecule has 0 bridgehead atoms. The van der Waals surface area contributed by atoms with Crippen LogP contribution in [0.15, 0.2) is 47.4 Å².